The van der Waals surface area contributed by atoms with Crippen LogP contribution in [0.4, 0.5) is 19.4 Å². The summed E-state index contributed by atoms with van der Waals surface area (Å²) in [6, 6.07) is 3.25. The van der Waals surface area contributed by atoms with Crippen molar-refractivity contribution in [3.05, 3.63) is 53.6 Å². The van der Waals surface area contributed by atoms with E-state index in [9.17, 15) is 13.6 Å². The lowest BCUT2D eigenvalue weighted by atomic mass is 9.95. The van der Waals surface area contributed by atoms with Gasteiger partial charge < -0.3 is 29.5 Å². The number of ether oxygens (including phenoxy) is 2. The van der Waals surface area contributed by atoms with E-state index in [0.717, 1.165) is 12.1 Å². The molecule has 0 aliphatic carbocycles. The fourth-order valence-corrected chi connectivity index (χ4v) is 5.18. The minimum absolute atomic E-state index is 0.0396. The van der Waals surface area contributed by atoms with E-state index in [0.29, 0.717) is 68.3 Å². The molecule has 3 aromatic rings. The van der Waals surface area contributed by atoms with Crippen LogP contribution in [0.1, 0.15) is 51.1 Å². The predicted molar refractivity (Wildman–Crippen MR) is 145 cm³/mol. The number of carbonyl (C=O) groups is 1. The van der Waals surface area contributed by atoms with Gasteiger partial charge in [0.2, 0.25) is 5.82 Å². The van der Waals surface area contributed by atoms with Crippen LogP contribution in [0, 0.1) is 17.6 Å². The lowest BCUT2D eigenvalue weighted by molar-refractivity contribution is -0.0402. The number of benzene rings is 1. The van der Waals surface area contributed by atoms with Gasteiger partial charge in [0.25, 0.3) is 5.89 Å². The minimum Gasteiger partial charge on any atom is -0.447 e. The number of aromatic nitrogens is 4. The fraction of sp³-hybridized carbons (Fsp3) is 0.536. The highest BCUT2D eigenvalue weighted by molar-refractivity contribution is 5.67. The van der Waals surface area contributed by atoms with Crippen molar-refractivity contribution in [1.29, 1.82) is 0 Å². The smallest absolute Gasteiger partial charge is 0.410 e. The Balaban J connectivity index is 1.14. The molecule has 2 aliphatic rings. The molecule has 3 atom stereocenters. The van der Waals surface area contributed by atoms with E-state index in [1.165, 1.54) is 6.07 Å². The molecule has 5 rings (SSSR count). The number of hydrogen-bond acceptors (Lipinski definition) is 10. The first-order valence-electron chi connectivity index (χ1n) is 13.9. The summed E-state index contributed by atoms with van der Waals surface area (Å²) >= 11 is 0. The molecule has 0 radical (unpaired) electrons. The van der Waals surface area contributed by atoms with Gasteiger partial charge in [-0.3, -0.25) is 0 Å². The number of hydrogen-bond donors (Lipinski definition) is 1. The van der Waals surface area contributed by atoms with Crippen LogP contribution in [0.2, 0.25) is 0 Å². The molecular formula is C28H35F2N7O4. The van der Waals surface area contributed by atoms with Crippen LogP contribution in [-0.2, 0) is 15.9 Å². The molecule has 3 unspecified atom stereocenters. The first-order chi connectivity index (χ1) is 19.7. The monoisotopic (exact) mass is 571 g/mol. The molecule has 11 nitrogen and oxygen atoms in total. The largest absolute Gasteiger partial charge is 0.447 e. The van der Waals surface area contributed by atoms with Gasteiger partial charge in [0.15, 0.2) is 0 Å². The van der Waals surface area contributed by atoms with Gasteiger partial charge in [-0.1, -0.05) is 5.16 Å². The van der Waals surface area contributed by atoms with Crippen molar-refractivity contribution in [2.24, 2.45) is 11.7 Å². The van der Waals surface area contributed by atoms with E-state index >= 15 is 0 Å². The summed E-state index contributed by atoms with van der Waals surface area (Å²) in [6.07, 6.45) is 3.97. The van der Waals surface area contributed by atoms with Gasteiger partial charge in [0.1, 0.15) is 29.3 Å². The average molecular weight is 572 g/mol. The summed E-state index contributed by atoms with van der Waals surface area (Å²) in [5.74, 6) is 0.264. The maximum absolute atomic E-state index is 14.1. The fourth-order valence-electron chi connectivity index (χ4n) is 5.18. The number of carbonyl (C=O) groups excluding carboxylic acids is 1. The van der Waals surface area contributed by atoms with E-state index in [1.54, 1.807) is 17.3 Å². The summed E-state index contributed by atoms with van der Waals surface area (Å²) in [6.45, 7) is 7.70. The Kier molecular flexibility index (Phi) is 8.74. The minimum atomic E-state index is -0.470. The highest BCUT2D eigenvalue weighted by Gasteiger charge is 2.32. The molecule has 4 heterocycles. The Hall–Kier alpha value is -3.71. The van der Waals surface area contributed by atoms with Gasteiger partial charge in [-0.15, -0.1) is 0 Å². The molecule has 13 heteroatoms. The zero-order valence-electron chi connectivity index (χ0n) is 23.4. The molecule has 1 amide bonds. The number of likely N-dealkylation sites (tertiary alicyclic amines) is 1. The maximum Gasteiger partial charge on any atom is 0.410 e. The molecule has 220 valence electrons. The maximum atomic E-state index is 14.1. The number of rotatable bonds is 8. The van der Waals surface area contributed by atoms with E-state index in [2.05, 4.69) is 20.1 Å². The van der Waals surface area contributed by atoms with Gasteiger partial charge in [-0.2, -0.15) is 4.98 Å². The Labute approximate surface area is 237 Å². The molecule has 2 saturated heterocycles. The summed E-state index contributed by atoms with van der Waals surface area (Å²) < 4.78 is 44.5. The van der Waals surface area contributed by atoms with Crippen LogP contribution in [0.25, 0.3) is 11.6 Å². The van der Waals surface area contributed by atoms with Crippen LogP contribution in [0.3, 0.4) is 0 Å². The average Bonchev–Trinajstić information content (AvgIpc) is 3.58. The molecule has 0 spiro atoms. The third kappa shape index (κ3) is 6.96. The summed E-state index contributed by atoms with van der Waals surface area (Å²) in [5.41, 5.74) is 7.06. The second-order valence-corrected chi connectivity index (χ2v) is 10.9. The third-order valence-electron chi connectivity index (χ3n) is 7.40. The quantitative estimate of drug-likeness (QED) is 0.424. The Bertz CT molecular complexity index is 1330. The molecule has 0 bridgehead atoms. The number of nitrogens with two attached hydrogens (primary N) is 1. The van der Waals surface area contributed by atoms with Gasteiger partial charge >= 0.3 is 6.09 Å². The molecule has 2 N–H and O–H groups in total. The highest BCUT2D eigenvalue weighted by atomic mass is 19.1. The molecule has 41 heavy (non-hydrogen) atoms. The van der Waals surface area contributed by atoms with Crippen molar-refractivity contribution in [3.63, 3.8) is 0 Å². The first kappa shape index (κ1) is 28.8. The van der Waals surface area contributed by atoms with Crippen molar-refractivity contribution >= 4 is 11.9 Å². The molecular weight excluding hydrogens is 536 g/mol. The second kappa shape index (κ2) is 12.4. The summed E-state index contributed by atoms with van der Waals surface area (Å²) in [5, 5.41) is 4.06. The van der Waals surface area contributed by atoms with E-state index < -0.39 is 17.7 Å². The standard InChI is InChI=1S/C28H35F2N7O4/c1-16(2)39-28(38)36-8-6-21(7-9-36)40-17(3)26-34-27(41-35-26)24-12-33-25(13-32-24)37-14-19(23(31)15-37)10-18-11-20(29)4-5-22(18)30/h4-5,11-13,16-17,19,21,23H,6-10,14-15,31H2,1-3H3. The second-order valence-electron chi connectivity index (χ2n) is 10.9. The Morgan fingerprint density at radius 2 is 1.93 bits per heavy atom. The van der Waals surface area contributed by atoms with Crippen molar-refractivity contribution in [2.75, 3.05) is 31.1 Å². The van der Waals surface area contributed by atoms with E-state index in [4.69, 9.17) is 19.7 Å². The summed E-state index contributed by atoms with van der Waals surface area (Å²) in [4.78, 5) is 29.2. The first-order valence-corrected chi connectivity index (χ1v) is 13.9. The molecule has 2 fully saturated rings. The summed E-state index contributed by atoms with van der Waals surface area (Å²) in [7, 11) is 0. The predicted octanol–water partition coefficient (Wildman–Crippen LogP) is 3.90. The van der Waals surface area contributed by atoms with Crippen LogP contribution in [-0.4, -0.2) is 75.5 Å². The number of piperidine rings is 1. The lowest BCUT2D eigenvalue weighted by Crippen LogP contribution is -2.42. The number of amides is 1. The molecule has 2 aromatic heterocycles. The normalized spacial score (nSPS) is 20.6. The SMILES string of the molecule is CC(C)OC(=O)N1CCC(OC(C)c2noc(-c3cnc(N4CC(N)C(Cc5cc(F)ccc5F)C4)cn3)n2)CC1. The van der Waals surface area contributed by atoms with Crippen molar-refractivity contribution in [1.82, 2.24) is 25.0 Å². The zero-order chi connectivity index (χ0) is 29.1. The van der Waals surface area contributed by atoms with E-state index in [1.807, 2.05) is 25.7 Å². The van der Waals surface area contributed by atoms with Crippen molar-refractivity contribution in [3.8, 4) is 11.6 Å². The van der Waals surface area contributed by atoms with Gasteiger partial charge in [-0.25, -0.2) is 23.5 Å². The van der Waals surface area contributed by atoms with Crippen LogP contribution in [0.15, 0.2) is 35.1 Å². The third-order valence-corrected chi connectivity index (χ3v) is 7.40. The molecule has 1 aromatic carbocycles. The molecule has 2 aliphatic heterocycles. The zero-order valence-corrected chi connectivity index (χ0v) is 23.4. The van der Waals surface area contributed by atoms with Gasteiger partial charge in [0, 0.05) is 32.2 Å². The topological polar surface area (TPSA) is 133 Å². The van der Waals surface area contributed by atoms with Crippen LogP contribution >= 0.6 is 0 Å². The number of anilines is 1. The van der Waals surface area contributed by atoms with Gasteiger partial charge in [0.05, 0.1) is 24.6 Å². The number of nitrogens with zero attached hydrogens (tertiary/aromatic N) is 6. The Morgan fingerprint density at radius 3 is 2.63 bits per heavy atom. The Morgan fingerprint density at radius 1 is 1.15 bits per heavy atom. The van der Waals surface area contributed by atoms with Crippen LogP contribution in [0.5, 0.6) is 0 Å². The molecule has 0 saturated carbocycles. The highest BCUT2D eigenvalue weighted by Crippen LogP contribution is 2.27. The van der Waals surface area contributed by atoms with E-state index in [-0.39, 0.29) is 36.2 Å². The number of halogens is 2. The van der Waals surface area contributed by atoms with Crippen molar-refractivity contribution < 1.29 is 27.6 Å². The van der Waals surface area contributed by atoms with Crippen molar-refractivity contribution in [2.45, 2.75) is 64.4 Å². The lowest BCUT2D eigenvalue weighted by Gasteiger charge is -2.32. The van der Waals surface area contributed by atoms with Crippen LogP contribution < -0.4 is 10.6 Å². The van der Waals surface area contributed by atoms with Gasteiger partial charge in [-0.05, 0) is 69.7 Å².